The minimum absolute atomic E-state index is 0.0474. The summed E-state index contributed by atoms with van der Waals surface area (Å²) in [7, 11) is 0. The van der Waals surface area contributed by atoms with E-state index in [2.05, 4.69) is 0 Å². The van der Waals surface area contributed by atoms with Crippen LogP contribution in [0.5, 0.6) is 0 Å². The second kappa shape index (κ2) is 3.95. The van der Waals surface area contributed by atoms with Crippen molar-refractivity contribution >= 4 is 11.8 Å². The maximum Gasteiger partial charge on any atom is 0.243 e. The topological polar surface area (TPSA) is 66.6 Å². The number of piperazine rings is 1. The van der Waals surface area contributed by atoms with Gasteiger partial charge in [0.05, 0.1) is 12.1 Å². The highest BCUT2D eigenvalue weighted by Crippen LogP contribution is 2.39. The van der Waals surface area contributed by atoms with Crippen LogP contribution >= 0.6 is 0 Å². The van der Waals surface area contributed by atoms with Gasteiger partial charge >= 0.3 is 0 Å². The predicted octanol–water partition coefficient (Wildman–Crippen LogP) is -0.0530. The molecule has 2 N–H and O–H groups in total. The Hall–Kier alpha value is -1.10. The highest BCUT2D eigenvalue weighted by atomic mass is 16.2. The van der Waals surface area contributed by atoms with E-state index in [1.54, 1.807) is 4.90 Å². The number of amides is 2. The van der Waals surface area contributed by atoms with Gasteiger partial charge in [0.25, 0.3) is 0 Å². The van der Waals surface area contributed by atoms with Gasteiger partial charge < -0.3 is 15.5 Å². The number of hydrogen-bond acceptors (Lipinski definition) is 3. The fourth-order valence-corrected chi connectivity index (χ4v) is 2.83. The van der Waals surface area contributed by atoms with Crippen LogP contribution in [0.25, 0.3) is 0 Å². The van der Waals surface area contributed by atoms with E-state index in [4.69, 9.17) is 5.73 Å². The van der Waals surface area contributed by atoms with E-state index in [9.17, 15) is 9.59 Å². The third-order valence-corrected chi connectivity index (χ3v) is 4.42. The van der Waals surface area contributed by atoms with E-state index in [0.717, 1.165) is 25.7 Å². The number of carbonyl (C=O) groups excluding carboxylic acids is 2. The molecule has 5 nitrogen and oxygen atoms in total. The smallest absolute Gasteiger partial charge is 0.243 e. The number of hydrogen-bond donors (Lipinski definition) is 1. The van der Waals surface area contributed by atoms with Gasteiger partial charge in [0, 0.05) is 19.1 Å². The summed E-state index contributed by atoms with van der Waals surface area (Å²) in [6, 6.07) is 0.447. The van der Waals surface area contributed by atoms with Crippen molar-refractivity contribution in [3.05, 3.63) is 0 Å². The van der Waals surface area contributed by atoms with Gasteiger partial charge in [0.1, 0.15) is 0 Å². The van der Waals surface area contributed by atoms with E-state index in [1.807, 2.05) is 11.8 Å². The molecule has 5 heteroatoms. The van der Waals surface area contributed by atoms with Crippen LogP contribution < -0.4 is 5.73 Å². The third-order valence-electron chi connectivity index (χ3n) is 4.42. The molecule has 0 radical (unpaired) electrons. The number of nitrogens with zero attached hydrogens (tertiary/aromatic N) is 2. The van der Waals surface area contributed by atoms with Crippen molar-refractivity contribution in [2.45, 2.75) is 44.2 Å². The highest BCUT2D eigenvalue weighted by Gasteiger charge is 2.47. The van der Waals surface area contributed by atoms with Crippen LogP contribution in [0.1, 0.15) is 32.6 Å². The lowest BCUT2D eigenvalue weighted by atomic mass is 9.95. The summed E-state index contributed by atoms with van der Waals surface area (Å²) in [5, 5.41) is 0. The summed E-state index contributed by atoms with van der Waals surface area (Å²) in [5.74, 6) is 0.346. The Bertz CT molecular complexity index is 386. The molecule has 2 saturated carbocycles. The predicted molar refractivity (Wildman–Crippen MR) is 66.6 cm³/mol. The zero-order valence-corrected chi connectivity index (χ0v) is 10.9. The normalized spacial score (nSPS) is 28.2. The molecule has 0 bridgehead atoms. The van der Waals surface area contributed by atoms with Crippen molar-refractivity contribution in [1.29, 1.82) is 0 Å². The van der Waals surface area contributed by atoms with Gasteiger partial charge in [0.2, 0.25) is 11.8 Å². The monoisotopic (exact) mass is 251 g/mol. The maximum atomic E-state index is 12.4. The van der Waals surface area contributed by atoms with Crippen molar-refractivity contribution < 1.29 is 9.59 Å². The average Bonchev–Trinajstić information content (AvgIpc) is 3.18. The lowest BCUT2D eigenvalue weighted by molar-refractivity contribution is -0.148. The molecule has 0 aromatic heterocycles. The zero-order chi connectivity index (χ0) is 12.9. The van der Waals surface area contributed by atoms with Gasteiger partial charge in [-0.05, 0) is 38.5 Å². The first kappa shape index (κ1) is 12.0. The molecule has 3 aliphatic rings. The minimum atomic E-state index is -0.776. The molecule has 1 aliphatic heterocycles. The number of rotatable bonds is 3. The van der Waals surface area contributed by atoms with Crippen molar-refractivity contribution in [2.75, 3.05) is 19.6 Å². The molecule has 3 fully saturated rings. The molecule has 2 amide bonds. The molecule has 0 spiro atoms. The molecule has 0 unspecified atom stereocenters. The first-order chi connectivity index (χ1) is 8.50. The molecule has 3 rings (SSSR count). The zero-order valence-electron chi connectivity index (χ0n) is 10.9. The van der Waals surface area contributed by atoms with Gasteiger partial charge in [-0.15, -0.1) is 0 Å². The number of carbonyl (C=O) groups is 2. The first-order valence-corrected chi connectivity index (χ1v) is 6.88. The Morgan fingerprint density at radius 2 is 1.94 bits per heavy atom. The molecular weight excluding hydrogens is 230 g/mol. The largest absolute Gasteiger partial charge is 0.336 e. The van der Waals surface area contributed by atoms with Crippen LogP contribution in [0.3, 0.4) is 0 Å². The van der Waals surface area contributed by atoms with Crippen LogP contribution in [0.2, 0.25) is 0 Å². The van der Waals surface area contributed by atoms with E-state index in [-0.39, 0.29) is 18.4 Å². The maximum absolute atomic E-state index is 12.4. The quantitative estimate of drug-likeness (QED) is 0.764. The van der Waals surface area contributed by atoms with E-state index >= 15 is 0 Å². The lowest BCUT2D eigenvalue weighted by Crippen LogP contribution is -2.61. The molecule has 0 aromatic carbocycles. The SMILES string of the molecule is C[C@](N)(C(=O)N1CCN(C2CC2)C(=O)C1)C1CC1. The standard InChI is InChI=1S/C13H21N3O2/c1-13(14,9-2-3-9)12(18)15-6-7-16(10-4-5-10)11(17)8-15/h9-10H,2-8,14H2,1H3/t13-/m1/s1. The van der Waals surface area contributed by atoms with Gasteiger partial charge in [-0.2, -0.15) is 0 Å². The molecule has 1 atom stereocenters. The fourth-order valence-electron chi connectivity index (χ4n) is 2.83. The minimum Gasteiger partial charge on any atom is -0.336 e. The molecule has 2 aliphatic carbocycles. The van der Waals surface area contributed by atoms with Crippen molar-refractivity contribution in [3.63, 3.8) is 0 Å². The Morgan fingerprint density at radius 3 is 2.44 bits per heavy atom. The fraction of sp³-hybridized carbons (Fsp3) is 0.846. The van der Waals surface area contributed by atoms with Gasteiger partial charge in [-0.25, -0.2) is 0 Å². The van der Waals surface area contributed by atoms with Crippen molar-refractivity contribution in [2.24, 2.45) is 11.7 Å². The van der Waals surface area contributed by atoms with E-state index in [0.29, 0.717) is 25.0 Å². The Morgan fingerprint density at radius 1 is 1.28 bits per heavy atom. The summed E-state index contributed by atoms with van der Waals surface area (Å²) in [6.07, 6.45) is 4.32. The molecule has 18 heavy (non-hydrogen) atoms. The van der Waals surface area contributed by atoms with Gasteiger partial charge in [-0.3, -0.25) is 9.59 Å². The Labute approximate surface area is 107 Å². The van der Waals surface area contributed by atoms with Crippen LogP contribution in [0.4, 0.5) is 0 Å². The summed E-state index contributed by atoms with van der Waals surface area (Å²) in [5.41, 5.74) is 5.36. The molecule has 1 saturated heterocycles. The van der Waals surface area contributed by atoms with Crippen LogP contribution in [-0.2, 0) is 9.59 Å². The van der Waals surface area contributed by atoms with E-state index in [1.165, 1.54) is 0 Å². The second-order valence-corrected chi connectivity index (χ2v) is 6.10. The van der Waals surface area contributed by atoms with E-state index < -0.39 is 5.54 Å². The van der Waals surface area contributed by atoms with Crippen LogP contribution in [0, 0.1) is 5.92 Å². The number of nitrogens with two attached hydrogens (primary N) is 1. The molecule has 100 valence electrons. The average molecular weight is 251 g/mol. The first-order valence-electron chi connectivity index (χ1n) is 6.88. The molecule has 0 aromatic rings. The third kappa shape index (κ3) is 2.00. The van der Waals surface area contributed by atoms with Gasteiger partial charge in [0.15, 0.2) is 0 Å². The second-order valence-electron chi connectivity index (χ2n) is 6.10. The highest BCUT2D eigenvalue weighted by molar-refractivity contribution is 5.91. The summed E-state index contributed by atoms with van der Waals surface area (Å²) < 4.78 is 0. The lowest BCUT2D eigenvalue weighted by Gasteiger charge is -2.38. The van der Waals surface area contributed by atoms with Crippen LogP contribution in [0.15, 0.2) is 0 Å². The van der Waals surface area contributed by atoms with Crippen molar-refractivity contribution in [3.8, 4) is 0 Å². The van der Waals surface area contributed by atoms with Crippen LogP contribution in [-0.4, -0.2) is 52.8 Å². The summed E-state index contributed by atoms with van der Waals surface area (Å²) in [4.78, 5) is 27.9. The van der Waals surface area contributed by atoms with Gasteiger partial charge in [-0.1, -0.05) is 0 Å². The summed E-state index contributed by atoms with van der Waals surface area (Å²) in [6.45, 7) is 3.34. The molecule has 1 heterocycles. The Balaban J connectivity index is 1.63. The Kier molecular flexibility index (Phi) is 2.62. The summed E-state index contributed by atoms with van der Waals surface area (Å²) >= 11 is 0. The molecular formula is C13H21N3O2. The van der Waals surface area contributed by atoms with Crippen molar-refractivity contribution in [1.82, 2.24) is 9.80 Å².